The molecular formula is C24H52O4Si. The van der Waals surface area contributed by atoms with Crippen LogP contribution in [0.25, 0.3) is 0 Å². The second kappa shape index (κ2) is 20.0. The predicted octanol–water partition coefficient (Wildman–Crippen LogP) is 6.97. The zero-order valence-electron chi connectivity index (χ0n) is 20.6. The summed E-state index contributed by atoms with van der Waals surface area (Å²) in [4.78, 5) is 0. The van der Waals surface area contributed by atoms with E-state index in [0.717, 1.165) is 37.1 Å². The van der Waals surface area contributed by atoms with Crippen LogP contribution in [0.15, 0.2) is 0 Å². The highest BCUT2D eigenvalue weighted by atomic mass is 28.4. The van der Waals surface area contributed by atoms with Crippen LogP contribution >= 0.6 is 0 Å². The smallest absolute Gasteiger partial charge is 0.338 e. The van der Waals surface area contributed by atoms with Crippen LogP contribution in [0.3, 0.4) is 0 Å². The summed E-state index contributed by atoms with van der Waals surface area (Å²) >= 11 is 0. The van der Waals surface area contributed by atoms with Crippen molar-refractivity contribution >= 4 is 8.56 Å². The molecule has 0 N–H and O–H groups in total. The van der Waals surface area contributed by atoms with E-state index in [1.165, 1.54) is 51.4 Å². The van der Waals surface area contributed by atoms with E-state index >= 15 is 0 Å². The standard InChI is InChI=1S/C24H52O4Si/c1-7-25-17-19-27-29(28-20-18-26-8-2,21-13-9-11-15-23(3)4)22-14-10-12-16-24(5)6/h23-24H,7-22H2,1-6H3. The fourth-order valence-electron chi connectivity index (χ4n) is 3.56. The molecule has 0 aliphatic carbocycles. The number of ether oxygens (including phenoxy) is 2. The largest absolute Gasteiger partial charge is 0.392 e. The third-order valence-corrected chi connectivity index (χ3v) is 8.96. The molecule has 0 radical (unpaired) electrons. The van der Waals surface area contributed by atoms with E-state index in [1.54, 1.807) is 0 Å². The molecule has 0 aromatic carbocycles. The van der Waals surface area contributed by atoms with Crippen molar-refractivity contribution in [2.24, 2.45) is 11.8 Å². The lowest BCUT2D eigenvalue weighted by molar-refractivity contribution is 0.0636. The first-order valence-electron chi connectivity index (χ1n) is 12.4. The van der Waals surface area contributed by atoms with Crippen molar-refractivity contribution in [1.82, 2.24) is 0 Å². The van der Waals surface area contributed by atoms with Gasteiger partial charge in [-0.25, -0.2) is 0 Å². The van der Waals surface area contributed by atoms with Crippen molar-refractivity contribution in [3.05, 3.63) is 0 Å². The second-order valence-electron chi connectivity index (χ2n) is 8.99. The lowest BCUT2D eigenvalue weighted by atomic mass is 10.1. The summed E-state index contributed by atoms with van der Waals surface area (Å²) < 4.78 is 24.1. The normalized spacial score (nSPS) is 12.4. The number of hydrogen-bond donors (Lipinski definition) is 0. The van der Waals surface area contributed by atoms with Gasteiger partial charge in [-0.1, -0.05) is 79.1 Å². The van der Waals surface area contributed by atoms with Gasteiger partial charge in [-0.05, 0) is 37.8 Å². The minimum absolute atomic E-state index is 0.659. The Bertz CT molecular complexity index is 305. The first kappa shape index (κ1) is 29.1. The molecule has 0 fully saturated rings. The first-order chi connectivity index (χ1) is 14.0. The average molecular weight is 433 g/mol. The Balaban J connectivity index is 4.72. The van der Waals surface area contributed by atoms with Gasteiger partial charge in [-0.15, -0.1) is 0 Å². The van der Waals surface area contributed by atoms with Crippen LogP contribution in [0.1, 0.15) is 92.9 Å². The Labute approximate surface area is 183 Å². The Hall–Kier alpha value is 0.0569. The van der Waals surface area contributed by atoms with Gasteiger partial charge in [0.1, 0.15) is 0 Å². The van der Waals surface area contributed by atoms with Crippen LogP contribution in [0.4, 0.5) is 0 Å². The van der Waals surface area contributed by atoms with E-state index in [0.29, 0.717) is 26.4 Å². The van der Waals surface area contributed by atoms with Crippen molar-refractivity contribution in [3.63, 3.8) is 0 Å². The van der Waals surface area contributed by atoms with Crippen molar-refractivity contribution in [1.29, 1.82) is 0 Å². The summed E-state index contributed by atoms with van der Waals surface area (Å²) in [5, 5.41) is 0. The molecule has 0 heterocycles. The molecule has 0 saturated carbocycles. The van der Waals surface area contributed by atoms with Gasteiger partial charge >= 0.3 is 8.56 Å². The highest BCUT2D eigenvalue weighted by Crippen LogP contribution is 2.27. The van der Waals surface area contributed by atoms with E-state index in [4.69, 9.17) is 18.3 Å². The molecule has 0 spiro atoms. The Morgan fingerprint density at radius 2 is 0.966 bits per heavy atom. The topological polar surface area (TPSA) is 36.9 Å². The Morgan fingerprint density at radius 1 is 0.552 bits per heavy atom. The fraction of sp³-hybridized carbons (Fsp3) is 1.00. The van der Waals surface area contributed by atoms with Crippen LogP contribution in [0.5, 0.6) is 0 Å². The lowest BCUT2D eigenvalue weighted by Gasteiger charge is -2.31. The van der Waals surface area contributed by atoms with Crippen LogP contribution in [-0.4, -0.2) is 48.2 Å². The SMILES string of the molecule is CCOCCO[Si](CCCCCC(C)C)(CCCCCC(C)C)OCCOCC. The number of hydrogen-bond acceptors (Lipinski definition) is 4. The first-order valence-corrected chi connectivity index (χ1v) is 14.6. The van der Waals surface area contributed by atoms with Gasteiger partial charge in [0.25, 0.3) is 0 Å². The predicted molar refractivity (Wildman–Crippen MR) is 127 cm³/mol. The summed E-state index contributed by atoms with van der Waals surface area (Å²) in [7, 11) is -2.21. The molecular weight excluding hydrogens is 380 g/mol. The van der Waals surface area contributed by atoms with Gasteiger partial charge in [-0.3, -0.25) is 0 Å². The second-order valence-corrected chi connectivity index (χ2v) is 12.4. The van der Waals surface area contributed by atoms with Crippen molar-refractivity contribution in [2.75, 3.05) is 39.6 Å². The molecule has 0 unspecified atom stereocenters. The maximum Gasteiger partial charge on any atom is 0.338 e. The van der Waals surface area contributed by atoms with Gasteiger partial charge < -0.3 is 18.3 Å². The van der Waals surface area contributed by atoms with E-state index < -0.39 is 8.56 Å². The summed E-state index contributed by atoms with van der Waals surface area (Å²) in [6.07, 6.45) is 10.3. The third kappa shape index (κ3) is 18.5. The molecule has 5 heteroatoms. The molecule has 0 aromatic heterocycles. The summed E-state index contributed by atoms with van der Waals surface area (Å²) in [6, 6.07) is 2.21. The van der Waals surface area contributed by atoms with Gasteiger partial charge in [0.2, 0.25) is 0 Å². The molecule has 176 valence electrons. The van der Waals surface area contributed by atoms with Gasteiger partial charge in [0.05, 0.1) is 26.4 Å². The van der Waals surface area contributed by atoms with Crippen LogP contribution in [0, 0.1) is 11.8 Å². The van der Waals surface area contributed by atoms with Gasteiger partial charge in [0.15, 0.2) is 0 Å². The van der Waals surface area contributed by atoms with Crippen molar-refractivity contribution in [3.8, 4) is 0 Å². The maximum atomic E-state index is 6.50. The maximum absolute atomic E-state index is 6.50. The lowest BCUT2D eigenvalue weighted by Crippen LogP contribution is -2.44. The van der Waals surface area contributed by atoms with E-state index in [-0.39, 0.29) is 0 Å². The van der Waals surface area contributed by atoms with E-state index in [9.17, 15) is 0 Å². The molecule has 0 aliphatic heterocycles. The third-order valence-electron chi connectivity index (χ3n) is 5.27. The molecule has 29 heavy (non-hydrogen) atoms. The van der Waals surface area contributed by atoms with Gasteiger partial charge in [0, 0.05) is 13.2 Å². The Kier molecular flexibility index (Phi) is 20.0. The zero-order chi connectivity index (χ0) is 21.8. The molecule has 0 aliphatic rings. The molecule has 0 saturated heterocycles. The average Bonchev–Trinajstić information content (AvgIpc) is 2.67. The quantitative estimate of drug-likeness (QED) is 0.137. The molecule has 0 rings (SSSR count). The number of unbranched alkanes of at least 4 members (excludes halogenated alkanes) is 4. The molecule has 0 amide bonds. The van der Waals surface area contributed by atoms with Gasteiger partial charge in [-0.2, -0.15) is 0 Å². The number of rotatable bonds is 22. The fourth-order valence-corrected chi connectivity index (χ4v) is 6.96. The summed E-state index contributed by atoms with van der Waals surface area (Å²) in [6.45, 7) is 17.4. The monoisotopic (exact) mass is 432 g/mol. The molecule has 0 aromatic rings. The van der Waals surface area contributed by atoms with Crippen LogP contribution in [-0.2, 0) is 18.3 Å². The zero-order valence-corrected chi connectivity index (χ0v) is 21.6. The highest BCUT2D eigenvalue weighted by molar-refractivity contribution is 6.67. The minimum Gasteiger partial charge on any atom is -0.392 e. The molecule has 0 atom stereocenters. The minimum atomic E-state index is -2.21. The summed E-state index contributed by atoms with van der Waals surface area (Å²) in [5.74, 6) is 1.59. The van der Waals surface area contributed by atoms with Crippen LogP contribution in [0.2, 0.25) is 12.1 Å². The summed E-state index contributed by atoms with van der Waals surface area (Å²) in [5.41, 5.74) is 0. The molecule has 0 bridgehead atoms. The highest BCUT2D eigenvalue weighted by Gasteiger charge is 2.36. The van der Waals surface area contributed by atoms with E-state index in [2.05, 4.69) is 27.7 Å². The molecule has 4 nitrogen and oxygen atoms in total. The Morgan fingerprint density at radius 3 is 1.31 bits per heavy atom. The van der Waals surface area contributed by atoms with Crippen molar-refractivity contribution < 1.29 is 18.3 Å². The van der Waals surface area contributed by atoms with E-state index in [1.807, 2.05) is 13.8 Å². The van der Waals surface area contributed by atoms with Crippen molar-refractivity contribution in [2.45, 2.75) is 105 Å². The van der Waals surface area contributed by atoms with Crippen LogP contribution < -0.4 is 0 Å².